The van der Waals surface area contributed by atoms with Crippen LogP contribution in [-0.2, 0) is 11.3 Å². The summed E-state index contributed by atoms with van der Waals surface area (Å²) in [6.45, 7) is 11.5. The molecule has 0 bridgehead atoms. The Morgan fingerprint density at radius 1 is 0.957 bits per heavy atom. The molecule has 2 aromatic carbocycles. The maximum atomic E-state index is 10.4. The number of likely N-dealkylation sites (tertiary alicyclic amines) is 2. The van der Waals surface area contributed by atoms with E-state index >= 15 is 0 Å². The summed E-state index contributed by atoms with van der Waals surface area (Å²) < 4.78 is 11.3. The molecule has 2 fully saturated rings. The number of methoxy groups -OCH3 is 2. The van der Waals surface area contributed by atoms with Crippen LogP contribution in [0.1, 0.15) is 37.9 Å². The van der Waals surface area contributed by atoms with E-state index in [9.17, 15) is 10.2 Å². The molecule has 2 saturated heterocycles. The van der Waals surface area contributed by atoms with Gasteiger partial charge in [-0.1, -0.05) is 66.2 Å². The van der Waals surface area contributed by atoms with E-state index in [0.29, 0.717) is 106 Å². The van der Waals surface area contributed by atoms with Crippen LogP contribution in [-0.4, -0.2) is 107 Å². The normalized spacial score (nSPS) is 22.6. The van der Waals surface area contributed by atoms with Crippen molar-refractivity contribution in [2.45, 2.75) is 44.4 Å². The van der Waals surface area contributed by atoms with Crippen molar-refractivity contribution >= 4 is 40.5 Å². The average Bonchev–Trinajstić information content (AvgIpc) is 3.57. The number of benzene rings is 2. The van der Waals surface area contributed by atoms with Gasteiger partial charge in [-0.2, -0.15) is 0 Å². The molecule has 2 aliphatic rings. The van der Waals surface area contributed by atoms with Crippen LogP contribution in [0, 0.1) is 0 Å². The zero-order valence-electron chi connectivity index (χ0n) is 27.6. The number of hydrogen-bond acceptors (Lipinski definition) is 10. The van der Waals surface area contributed by atoms with E-state index in [1.807, 2.05) is 50.2 Å². The van der Waals surface area contributed by atoms with Gasteiger partial charge < -0.3 is 19.7 Å². The molecule has 0 unspecified atom stereocenters. The van der Waals surface area contributed by atoms with Crippen molar-refractivity contribution in [2.75, 3.05) is 54.0 Å². The highest BCUT2D eigenvalue weighted by molar-refractivity contribution is 6.41. The van der Waals surface area contributed by atoms with Gasteiger partial charge in [-0.05, 0) is 26.7 Å². The van der Waals surface area contributed by atoms with Crippen LogP contribution in [0.3, 0.4) is 0 Å². The van der Waals surface area contributed by atoms with E-state index in [1.165, 1.54) is 0 Å². The van der Waals surface area contributed by atoms with Gasteiger partial charge in [-0.25, -0.2) is 9.98 Å². The van der Waals surface area contributed by atoms with Crippen LogP contribution in [0.4, 0.5) is 0 Å². The van der Waals surface area contributed by atoms with E-state index in [4.69, 9.17) is 37.7 Å². The molecule has 47 heavy (non-hydrogen) atoms. The zero-order valence-corrected chi connectivity index (χ0v) is 29.1. The standard InChI is InChI=1S/C35H42Cl2N6O4/c1-22(40-32(46-5)28(38-4)18-42-15-13-34(2,44)20-42)23-9-7-10-24(30(23)36)25-11-8-12-26(31(25)37)27-17-39-29(33(41-27)47-6)19-43-16-14-35(3,45)21-43/h7-12,17,44-45H,1,13-16,18-21H2,2-6H3/b38-28-,40-32+/t34-,35-/m0/s1. The third-order valence-electron chi connectivity index (χ3n) is 8.63. The predicted octanol–water partition coefficient (Wildman–Crippen LogP) is 5.63. The maximum absolute atomic E-state index is 10.4. The van der Waals surface area contributed by atoms with Crippen molar-refractivity contribution in [1.29, 1.82) is 0 Å². The molecule has 0 saturated carbocycles. The second kappa shape index (κ2) is 14.4. The van der Waals surface area contributed by atoms with Crippen LogP contribution < -0.4 is 4.74 Å². The van der Waals surface area contributed by atoms with Crippen LogP contribution in [0.5, 0.6) is 5.88 Å². The molecule has 3 heterocycles. The van der Waals surface area contributed by atoms with Crippen LogP contribution in [0.15, 0.2) is 59.2 Å². The molecule has 1 aromatic heterocycles. The third-order valence-corrected chi connectivity index (χ3v) is 9.45. The third kappa shape index (κ3) is 8.02. The molecule has 2 aliphatic heterocycles. The van der Waals surface area contributed by atoms with Crippen LogP contribution >= 0.6 is 23.2 Å². The van der Waals surface area contributed by atoms with Gasteiger partial charge in [-0.15, -0.1) is 0 Å². The van der Waals surface area contributed by atoms with Crippen molar-refractivity contribution in [2.24, 2.45) is 9.98 Å². The Hall–Kier alpha value is -3.38. The quantitative estimate of drug-likeness (QED) is 0.209. The largest absolute Gasteiger partial charge is 0.480 e. The van der Waals surface area contributed by atoms with Crippen molar-refractivity contribution in [1.82, 2.24) is 19.8 Å². The number of β-amino-alcohol motifs (C(OH)–C–C–N with tert-alkyl or cyclic N) is 2. The summed E-state index contributed by atoms with van der Waals surface area (Å²) in [6.07, 6.45) is 3.09. The van der Waals surface area contributed by atoms with Gasteiger partial charge in [0.2, 0.25) is 11.8 Å². The highest BCUT2D eigenvalue weighted by Gasteiger charge is 2.33. The minimum absolute atomic E-state index is 0.330. The van der Waals surface area contributed by atoms with E-state index in [0.717, 1.165) is 13.1 Å². The lowest BCUT2D eigenvalue weighted by molar-refractivity contribution is 0.0675. The van der Waals surface area contributed by atoms with Gasteiger partial charge in [-0.3, -0.25) is 19.8 Å². The molecular weight excluding hydrogens is 639 g/mol. The Balaban J connectivity index is 1.41. The van der Waals surface area contributed by atoms with E-state index in [1.54, 1.807) is 27.5 Å². The first-order chi connectivity index (χ1) is 22.3. The van der Waals surface area contributed by atoms with Gasteiger partial charge in [0.05, 0.1) is 53.1 Å². The molecule has 3 aromatic rings. The van der Waals surface area contributed by atoms with Gasteiger partial charge in [0.25, 0.3) is 0 Å². The Kier molecular flexibility index (Phi) is 10.7. The Bertz CT molecular complexity index is 1710. The molecule has 250 valence electrons. The number of ether oxygens (including phenoxy) is 2. The number of aliphatic hydroxyl groups is 2. The summed E-state index contributed by atoms with van der Waals surface area (Å²) in [5, 5.41) is 21.6. The summed E-state index contributed by atoms with van der Waals surface area (Å²) in [5.41, 5.74) is 3.57. The van der Waals surface area contributed by atoms with Gasteiger partial charge in [0.15, 0.2) is 0 Å². The molecule has 2 atom stereocenters. The summed E-state index contributed by atoms with van der Waals surface area (Å²) in [6, 6.07) is 11.3. The average molecular weight is 682 g/mol. The highest BCUT2D eigenvalue weighted by Crippen LogP contribution is 2.41. The Labute approximate surface area is 286 Å². The SMILES string of the molecule is C=C(/N=C(OC)\C(CN1CC[C@](C)(O)C1)=N/C)c1cccc(-c2cccc(-c3cnc(CN4CC[C@](C)(O)C4)c(OC)n3)c2Cl)c1Cl. The molecule has 0 radical (unpaired) electrons. The van der Waals surface area contributed by atoms with Crippen molar-refractivity contribution in [3.8, 4) is 28.3 Å². The summed E-state index contributed by atoms with van der Waals surface area (Å²) in [4.78, 5) is 22.8. The van der Waals surface area contributed by atoms with Crippen LogP contribution in [0.2, 0.25) is 10.0 Å². The number of rotatable bonds is 10. The number of aromatic nitrogens is 2. The number of nitrogens with zero attached hydrogens (tertiary/aromatic N) is 6. The molecule has 2 N–H and O–H groups in total. The molecule has 0 aliphatic carbocycles. The van der Waals surface area contributed by atoms with Gasteiger partial charge >= 0.3 is 0 Å². The number of halogens is 2. The van der Waals surface area contributed by atoms with Gasteiger partial charge in [0.1, 0.15) is 11.4 Å². The lowest BCUT2D eigenvalue weighted by atomic mass is 9.99. The fourth-order valence-electron chi connectivity index (χ4n) is 6.12. The Morgan fingerprint density at radius 2 is 1.57 bits per heavy atom. The molecule has 10 nitrogen and oxygen atoms in total. The monoisotopic (exact) mass is 680 g/mol. The van der Waals surface area contributed by atoms with Crippen molar-refractivity contribution in [3.63, 3.8) is 0 Å². The van der Waals surface area contributed by atoms with Crippen molar-refractivity contribution < 1.29 is 19.7 Å². The topological polar surface area (TPSA) is 116 Å². The number of hydrogen-bond donors (Lipinski definition) is 2. The van der Waals surface area contributed by atoms with E-state index in [2.05, 4.69) is 31.3 Å². The molecule has 0 amide bonds. The molecule has 0 spiro atoms. The van der Waals surface area contributed by atoms with E-state index in [-0.39, 0.29) is 0 Å². The number of aliphatic imine (C=N–C) groups is 2. The lowest BCUT2D eigenvalue weighted by Crippen LogP contribution is -2.36. The maximum Gasteiger partial charge on any atom is 0.237 e. The first kappa shape index (κ1) is 34.9. The fourth-order valence-corrected chi connectivity index (χ4v) is 6.78. The first-order valence-electron chi connectivity index (χ1n) is 15.5. The smallest absolute Gasteiger partial charge is 0.237 e. The predicted molar refractivity (Wildman–Crippen MR) is 189 cm³/mol. The minimum atomic E-state index is -0.723. The summed E-state index contributed by atoms with van der Waals surface area (Å²) in [7, 11) is 4.80. The lowest BCUT2D eigenvalue weighted by Gasteiger charge is -2.20. The minimum Gasteiger partial charge on any atom is -0.480 e. The zero-order chi connectivity index (χ0) is 33.9. The van der Waals surface area contributed by atoms with Crippen molar-refractivity contribution in [3.05, 3.63) is 70.5 Å². The molecule has 12 heteroatoms. The Morgan fingerprint density at radius 3 is 2.17 bits per heavy atom. The second-order valence-corrected chi connectivity index (χ2v) is 13.5. The molecule has 5 rings (SSSR count). The highest BCUT2D eigenvalue weighted by atomic mass is 35.5. The first-order valence-corrected chi connectivity index (χ1v) is 16.3. The summed E-state index contributed by atoms with van der Waals surface area (Å²) in [5.74, 6) is 0.736. The van der Waals surface area contributed by atoms with E-state index < -0.39 is 11.2 Å². The second-order valence-electron chi connectivity index (χ2n) is 12.7. The van der Waals surface area contributed by atoms with Gasteiger partial charge in [0, 0.05) is 68.6 Å². The summed E-state index contributed by atoms with van der Waals surface area (Å²) >= 11 is 14.1. The molecular formula is C35H42Cl2N6O4. The van der Waals surface area contributed by atoms with Crippen LogP contribution in [0.25, 0.3) is 28.1 Å². The fraction of sp³-hybridized carbons (Fsp3) is 0.429.